The van der Waals surface area contributed by atoms with Crippen molar-refractivity contribution < 1.29 is 4.79 Å². The second kappa shape index (κ2) is 5.43. The van der Waals surface area contributed by atoms with Crippen molar-refractivity contribution in [1.29, 1.82) is 0 Å². The molecule has 0 aromatic heterocycles. The minimum Gasteiger partial charge on any atom is -0.353 e. The molecule has 0 radical (unpaired) electrons. The summed E-state index contributed by atoms with van der Waals surface area (Å²) in [7, 11) is 0. The summed E-state index contributed by atoms with van der Waals surface area (Å²) in [5.74, 6) is 1.42. The van der Waals surface area contributed by atoms with E-state index in [2.05, 4.69) is 33.0 Å². The summed E-state index contributed by atoms with van der Waals surface area (Å²) in [5.41, 5.74) is 6.17. The maximum Gasteiger partial charge on any atom is 0.223 e. The highest BCUT2D eigenvalue weighted by atomic mass is 16.2. The molecule has 0 heterocycles. The SMILES string of the molecule is CC1CCCC1NC(=O)C1CCC(N)C(C)C1(C)C. The molecule has 0 saturated heterocycles. The molecule has 3 nitrogen and oxygen atoms in total. The van der Waals surface area contributed by atoms with E-state index in [1.54, 1.807) is 0 Å². The summed E-state index contributed by atoms with van der Waals surface area (Å²) in [4.78, 5) is 12.6. The predicted molar refractivity (Wildman–Crippen MR) is 78.6 cm³/mol. The van der Waals surface area contributed by atoms with E-state index < -0.39 is 0 Å². The molecule has 2 saturated carbocycles. The van der Waals surface area contributed by atoms with E-state index in [-0.39, 0.29) is 23.3 Å². The van der Waals surface area contributed by atoms with Gasteiger partial charge in [0.15, 0.2) is 0 Å². The summed E-state index contributed by atoms with van der Waals surface area (Å²) in [5, 5.41) is 3.31. The summed E-state index contributed by atoms with van der Waals surface area (Å²) in [6.07, 6.45) is 5.56. The van der Waals surface area contributed by atoms with Crippen molar-refractivity contribution in [1.82, 2.24) is 5.32 Å². The van der Waals surface area contributed by atoms with Gasteiger partial charge in [0, 0.05) is 18.0 Å². The molecule has 19 heavy (non-hydrogen) atoms. The Balaban J connectivity index is 2.02. The molecule has 2 fully saturated rings. The third kappa shape index (κ3) is 2.81. The molecule has 0 aromatic rings. The highest BCUT2D eigenvalue weighted by molar-refractivity contribution is 5.80. The fraction of sp³-hybridized carbons (Fsp3) is 0.938. The van der Waals surface area contributed by atoms with Crippen LogP contribution < -0.4 is 11.1 Å². The van der Waals surface area contributed by atoms with Gasteiger partial charge in [-0.05, 0) is 42.9 Å². The minimum absolute atomic E-state index is 0.00356. The molecule has 3 N–H and O–H groups in total. The van der Waals surface area contributed by atoms with Crippen molar-refractivity contribution in [3.05, 3.63) is 0 Å². The van der Waals surface area contributed by atoms with E-state index in [1.165, 1.54) is 12.8 Å². The zero-order valence-electron chi connectivity index (χ0n) is 12.9. The van der Waals surface area contributed by atoms with Crippen LogP contribution in [-0.4, -0.2) is 18.0 Å². The topological polar surface area (TPSA) is 55.1 Å². The van der Waals surface area contributed by atoms with Crippen LogP contribution in [-0.2, 0) is 4.79 Å². The van der Waals surface area contributed by atoms with E-state index in [0.29, 0.717) is 17.9 Å². The van der Waals surface area contributed by atoms with Crippen LogP contribution in [0.4, 0.5) is 0 Å². The summed E-state index contributed by atoms with van der Waals surface area (Å²) >= 11 is 0. The van der Waals surface area contributed by atoms with Crippen molar-refractivity contribution in [3.8, 4) is 0 Å². The van der Waals surface area contributed by atoms with Gasteiger partial charge in [-0.15, -0.1) is 0 Å². The Hall–Kier alpha value is -0.570. The van der Waals surface area contributed by atoms with Gasteiger partial charge in [0.1, 0.15) is 0 Å². The highest BCUT2D eigenvalue weighted by Gasteiger charge is 2.45. The molecule has 0 aliphatic heterocycles. The number of nitrogens with two attached hydrogens (primary N) is 1. The molecule has 0 bridgehead atoms. The van der Waals surface area contributed by atoms with Crippen LogP contribution in [0.5, 0.6) is 0 Å². The third-order valence-corrected chi connectivity index (χ3v) is 6.01. The van der Waals surface area contributed by atoms with Gasteiger partial charge >= 0.3 is 0 Å². The van der Waals surface area contributed by atoms with Gasteiger partial charge in [-0.1, -0.05) is 34.1 Å². The van der Waals surface area contributed by atoms with Gasteiger partial charge in [-0.2, -0.15) is 0 Å². The van der Waals surface area contributed by atoms with Crippen LogP contribution in [0.25, 0.3) is 0 Å². The summed E-state index contributed by atoms with van der Waals surface area (Å²) in [6.45, 7) is 8.86. The highest BCUT2D eigenvalue weighted by Crippen LogP contribution is 2.44. The van der Waals surface area contributed by atoms with Crippen molar-refractivity contribution in [2.75, 3.05) is 0 Å². The van der Waals surface area contributed by atoms with Crippen LogP contribution in [0.2, 0.25) is 0 Å². The monoisotopic (exact) mass is 266 g/mol. The van der Waals surface area contributed by atoms with Gasteiger partial charge in [0.2, 0.25) is 5.91 Å². The van der Waals surface area contributed by atoms with Crippen LogP contribution in [0, 0.1) is 23.2 Å². The molecule has 110 valence electrons. The number of rotatable bonds is 2. The first kappa shape index (κ1) is 14.8. The smallest absolute Gasteiger partial charge is 0.223 e. The lowest BCUT2D eigenvalue weighted by molar-refractivity contribution is -0.133. The molecule has 5 unspecified atom stereocenters. The van der Waals surface area contributed by atoms with Gasteiger partial charge in [0.25, 0.3) is 0 Å². The van der Waals surface area contributed by atoms with E-state index in [0.717, 1.165) is 19.3 Å². The maximum absolute atomic E-state index is 12.6. The normalized spacial score (nSPS) is 42.1. The molecule has 3 heteroatoms. The molecular formula is C16H30N2O. The lowest BCUT2D eigenvalue weighted by atomic mass is 9.61. The van der Waals surface area contributed by atoms with Crippen molar-refractivity contribution >= 4 is 5.91 Å². The molecule has 0 spiro atoms. The molecule has 2 rings (SSSR count). The second-order valence-electron chi connectivity index (χ2n) is 7.43. The lowest BCUT2D eigenvalue weighted by Gasteiger charge is -2.46. The quantitative estimate of drug-likeness (QED) is 0.807. The average Bonchev–Trinajstić information content (AvgIpc) is 2.72. The van der Waals surface area contributed by atoms with Crippen molar-refractivity contribution in [2.24, 2.45) is 28.9 Å². The standard InChI is InChI=1S/C16H30N2O/c1-10-6-5-7-14(10)18-15(19)12-8-9-13(17)11(2)16(12,3)4/h10-14H,5-9,17H2,1-4H3,(H,18,19). The summed E-state index contributed by atoms with van der Waals surface area (Å²) in [6, 6.07) is 0.638. The molecular weight excluding hydrogens is 236 g/mol. The number of hydrogen-bond acceptors (Lipinski definition) is 2. The fourth-order valence-electron chi connectivity index (χ4n) is 3.96. The van der Waals surface area contributed by atoms with Gasteiger partial charge in [0.05, 0.1) is 0 Å². The second-order valence-corrected chi connectivity index (χ2v) is 7.43. The first-order valence-corrected chi connectivity index (χ1v) is 7.90. The summed E-state index contributed by atoms with van der Waals surface area (Å²) < 4.78 is 0. The zero-order chi connectivity index (χ0) is 14.2. The Morgan fingerprint density at radius 3 is 2.42 bits per heavy atom. The Labute approximate surface area is 117 Å². The first-order valence-electron chi connectivity index (χ1n) is 7.90. The number of amides is 1. The average molecular weight is 266 g/mol. The molecule has 2 aliphatic rings. The Morgan fingerprint density at radius 1 is 1.16 bits per heavy atom. The van der Waals surface area contributed by atoms with Crippen LogP contribution in [0.15, 0.2) is 0 Å². The maximum atomic E-state index is 12.6. The third-order valence-electron chi connectivity index (χ3n) is 6.01. The largest absolute Gasteiger partial charge is 0.353 e. The van der Waals surface area contributed by atoms with Crippen molar-refractivity contribution in [3.63, 3.8) is 0 Å². The van der Waals surface area contributed by atoms with Gasteiger partial charge in [-0.3, -0.25) is 4.79 Å². The minimum atomic E-state index is 0.00356. The van der Waals surface area contributed by atoms with E-state index in [9.17, 15) is 4.79 Å². The number of nitrogens with one attached hydrogen (secondary N) is 1. The van der Waals surface area contributed by atoms with Crippen LogP contribution in [0.3, 0.4) is 0 Å². The van der Waals surface area contributed by atoms with E-state index in [4.69, 9.17) is 5.73 Å². The van der Waals surface area contributed by atoms with Gasteiger partial charge < -0.3 is 11.1 Å². The predicted octanol–water partition coefficient (Wildman–Crippen LogP) is 2.69. The lowest BCUT2D eigenvalue weighted by Crippen LogP contribution is -2.53. The Morgan fingerprint density at radius 2 is 1.84 bits per heavy atom. The number of carbonyl (C=O) groups is 1. The molecule has 0 aromatic carbocycles. The zero-order valence-corrected chi connectivity index (χ0v) is 12.9. The Kier molecular flexibility index (Phi) is 4.24. The molecule has 2 aliphatic carbocycles. The van der Waals surface area contributed by atoms with Gasteiger partial charge in [-0.25, -0.2) is 0 Å². The van der Waals surface area contributed by atoms with E-state index in [1.807, 2.05) is 0 Å². The molecule has 1 amide bonds. The molecule has 5 atom stereocenters. The number of carbonyl (C=O) groups excluding carboxylic acids is 1. The van der Waals surface area contributed by atoms with E-state index >= 15 is 0 Å². The first-order chi connectivity index (χ1) is 8.84. The number of hydrogen-bond donors (Lipinski definition) is 2. The van der Waals surface area contributed by atoms with Crippen molar-refractivity contribution in [2.45, 2.75) is 71.9 Å². The van der Waals surface area contributed by atoms with Crippen LogP contribution >= 0.6 is 0 Å². The fourth-order valence-corrected chi connectivity index (χ4v) is 3.96. The van der Waals surface area contributed by atoms with Crippen LogP contribution in [0.1, 0.15) is 59.8 Å². The Bertz CT molecular complexity index is 340.